The van der Waals surface area contributed by atoms with Crippen LogP contribution in [-0.4, -0.2) is 46.5 Å². The van der Waals surface area contributed by atoms with Crippen LogP contribution in [0.5, 0.6) is 5.75 Å². The van der Waals surface area contributed by atoms with Crippen LogP contribution in [0.15, 0.2) is 59.6 Å². The van der Waals surface area contributed by atoms with Crippen LogP contribution in [0.2, 0.25) is 0 Å². The van der Waals surface area contributed by atoms with Gasteiger partial charge in [-0.2, -0.15) is 4.98 Å². The number of halogens is 5. The van der Waals surface area contributed by atoms with E-state index in [0.29, 0.717) is 59.4 Å². The van der Waals surface area contributed by atoms with Crippen LogP contribution in [0.1, 0.15) is 43.1 Å². The number of hydrogen-bond acceptors (Lipinski definition) is 10. The number of ether oxygens (including phenoxy) is 1. The number of alkyl halides is 3. The molecule has 1 saturated carbocycles. The second kappa shape index (κ2) is 13.8. The molecular formula is C33H31F5N6O3S2. The second-order valence-electron chi connectivity index (χ2n) is 11.8. The largest absolute Gasteiger partial charge is 0.573 e. The molecule has 2 aromatic carbocycles. The molecular weight excluding hydrogens is 688 g/mol. The van der Waals surface area contributed by atoms with Gasteiger partial charge in [0, 0.05) is 24.8 Å². The van der Waals surface area contributed by atoms with Gasteiger partial charge in [-0.05, 0) is 74.4 Å². The Kier molecular flexibility index (Phi) is 9.71. The molecule has 49 heavy (non-hydrogen) atoms. The summed E-state index contributed by atoms with van der Waals surface area (Å²) in [6, 6.07) is 9.46. The highest BCUT2D eigenvalue weighted by atomic mass is 32.2. The maximum absolute atomic E-state index is 13.8. The molecule has 9 nitrogen and oxygen atoms in total. The minimum atomic E-state index is -4.79. The Morgan fingerprint density at radius 3 is 2.43 bits per heavy atom. The van der Waals surface area contributed by atoms with Gasteiger partial charge in [0.15, 0.2) is 9.84 Å². The first kappa shape index (κ1) is 34.4. The van der Waals surface area contributed by atoms with Gasteiger partial charge in [0.25, 0.3) is 0 Å². The summed E-state index contributed by atoms with van der Waals surface area (Å²) in [6.45, 7) is 4.03. The first-order valence-corrected chi connectivity index (χ1v) is 17.9. The van der Waals surface area contributed by atoms with Crippen molar-refractivity contribution in [2.45, 2.75) is 63.4 Å². The molecule has 1 fully saturated rings. The fourth-order valence-corrected chi connectivity index (χ4v) is 8.72. The SMILES string of the molecule is CCc1nccc2sc(-c3c(C)nc(NCc4ccc(OC(F)(F)F)cc4)nc3NC3CCC(CS(=O)(=O)c4cc(F)cc(F)c4)C3)nc12. The number of nitrogens with zero attached hydrogens (tertiary/aromatic N) is 4. The number of thiazole rings is 1. The van der Waals surface area contributed by atoms with Crippen LogP contribution in [0, 0.1) is 24.5 Å². The van der Waals surface area contributed by atoms with Gasteiger partial charge in [0.1, 0.15) is 33.7 Å². The van der Waals surface area contributed by atoms with E-state index in [0.717, 1.165) is 28.0 Å². The molecule has 2 unspecified atom stereocenters. The normalized spacial score (nSPS) is 16.6. The Morgan fingerprint density at radius 2 is 1.73 bits per heavy atom. The summed E-state index contributed by atoms with van der Waals surface area (Å²) in [6.07, 6.45) is -0.687. The lowest BCUT2D eigenvalue weighted by Crippen LogP contribution is -2.21. The molecule has 0 amide bonds. The number of benzene rings is 2. The van der Waals surface area contributed by atoms with Crippen LogP contribution in [0.3, 0.4) is 0 Å². The molecule has 3 heterocycles. The monoisotopic (exact) mass is 718 g/mol. The molecule has 0 radical (unpaired) electrons. The van der Waals surface area contributed by atoms with Crippen molar-refractivity contribution in [2.75, 3.05) is 16.4 Å². The van der Waals surface area contributed by atoms with Crippen molar-refractivity contribution in [3.8, 4) is 16.3 Å². The Bertz CT molecular complexity index is 2070. The topological polar surface area (TPSA) is 119 Å². The lowest BCUT2D eigenvalue weighted by atomic mass is 10.1. The lowest BCUT2D eigenvalue weighted by Gasteiger charge is -2.19. The first-order valence-electron chi connectivity index (χ1n) is 15.4. The van der Waals surface area contributed by atoms with Crippen molar-refractivity contribution in [3.63, 3.8) is 0 Å². The predicted octanol–water partition coefficient (Wildman–Crippen LogP) is 7.86. The number of hydrogen-bond donors (Lipinski definition) is 2. The highest BCUT2D eigenvalue weighted by molar-refractivity contribution is 7.91. The quantitative estimate of drug-likeness (QED) is 0.132. The number of aromatic nitrogens is 4. The molecule has 258 valence electrons. The molecule has 0 bridgehead atoms. The molecule has 1 aliphatic carbocycles. The lowest BCUT2D eigenvalue weighted by molar-refractivity contribution is -0.274. The van der Waals surface area contributed by atoms with Crippen molar-refractivity contribution in [3.05, 3.63) is 83.3 Å². The van der Waals surface area contributed by atoms with Gasteiger partial charge in [0.2, 0.25) is 5.95 Å². The molecule has 6 rings (SSSR count). The Balaban J connectivity index is 1.25. The molecule has 5 aromatic rings. The summed E-state index contributed by atoms with van der Waals surface area (Å²) in [5.41, 5.74) is 3.60. The molecule has 3 aromatic heterocycles. The zero-order valence-corrected chi connectivity index (χ0v) is 27.9. The van der Waals surface area contributed by atoms with Gasteiger partial charge in [0.05, 0.1) is 32.3 Å². The van der Waals surface area contributed by atoms with Gasteiger partial charge < -0.3 is 15.4 Å². The third-order valence-electron chi connectivity index (χ3n) is 8.16. The van der Waals surface area contributed by atoms with E-state index < -0.39 is 27.8 Å². The number of aryl methyl sites for hydroxylation is 2. The summed E-state index contributed by atoms with van der Waals surface area (Å²) < 4.78 is 96.2. The number of sulfone groups is 1. The van der Waals surface area contributed by atoms with E-state index in [-0.39, 0.29) is 40.9 Å². The maximum Gasteiger partial charge on any atom is 0.573 e. The van der Waals surface area contributed by atoms with Crippen molar-refractivity contribution in [1.29, 1.82) is 0 Å². The van der Waals surface area contributed by atoms with Gasteiger partial charge in [-0.1, -0.05) is 19.1 Å². The van der Waals surface area contributed by atoms with E-state index >= 15 is 0 Å². The van der Waals surface area contributed by atoms with Crippen LogP contribution in [0.25, 0.3) is 20.8 Å². The number of pyridine rings is 1. The van der Waals surface area contributed by atoms with Gasteiger partial charge in [-0.25, -0.2) is 27.2 Å². The standard InChI is InChI=1S/C33H31F5N6O3S2/c1-3-26-29-27(10-11-39-26)48-31(43-29)28-18(2)41-32(40-16-19-5-8-24(9-6-19)47-33(36,37)38)44-30(28)42-23-7-4-20(12-23)17-49(45,46)25-14-21(34)13-22(35)15-25/h5-6,8-11,13-15,20,23H,3-4,7,12,16-17H2,1-2H3,(H2,40,41,42,44). The fraction of sp³-hybridized carbons (Fsp3) is 0.333. The summed E-state index contributed by atoms with van der Waals surface area (Å²) in [4.78, 5) is 18.4. The second-order valence-corrected chi connectivity index (χ2v) is 14.9. The van der Waals surface area contributed by atoms with Crippen LogP contribution in [0.4, 0.5) is 33.7 Å². The summed E-state index contributed by atoms with van der Waals surface area (Å²) in [5, 5.41) is 7.29. The van der Waals surface area contributed by atoms with Crippen LogP contribution in [-0.2, 0) is 22.8 Å². The minimum Gasteiger partial charge on any atom is -0.406 e. The molecule has 1 aliphatic rings. The summed E-state index contributed by atoms with van der Waals surface area (Å²) in [7, 11) is -3.94. The molecule has 0 saturated heterocycles. The third-order valence-corrected chi connectivity index (χ3v) is 11.1. The zero-order chi connectivity index (χ0) is 34.9. The average molecular weight is 719 g/mol. The number of nitrogens with one attached hydrogen (secondary N) is 2. The molecule has 16 heteroatoms. The van der Waals surface area contributed by atoms with Crippen molar-refractivity contribution < 1.29 is 35.1 Å². The van der Waals surface area contributed by atoms with Gasteiger partial charge >= 0.3 is 6.36 Å². The van der Waals surface area contributed by atoms with Gasteiger partial charge in [-0.3, -0.25) is 4.98 Å². The van der Waals surface area contributed by atoms with E-state index in [1.54, 1.807) is 6.20 Å². The first-order chi connectivity index (χ1) is 23.3. The van der Waals surface area contributed by atoms with Crippen molar-refractivity contribution >= 4 is 43.2 Å². The minimum absolute atomic E-state index is 0.172. The predicted molar refractivity (Wildman–Crippen MR) is 176 cm³/mol. The Morgan fingerprint density at radius 1 is 1.00 bits per heavy atom. The summed E-state index contributed by atoms with van der Waals surface area (Å²) >= 11 is 1.47. The van der Waals surface area contributed by atoms with E-state index in [1.807, 2.05) is 19.9 Å². The molecule has 0 aliphatic heterocycles. The molecule has 2 N–H and O–H groups in total. The number of fused-ring (bicyclic) bond motifs is 1. The Hall–Kier alpha value is -4.44. The van der Waals surface area contributed by atoms with Crippen LogP contribution >= 0.6 is 11.3 Å². The van der Waals surface area contributed by atoms with Crippen molar-refractivity contribution in [1.82, 2.24) is 19.9 Å². The zero-order valence-electron chi connectivity index (χ0n) is 26.3. The van der Waals surface area contributed by atoms with E-state index in [1.165, 1.54) is 35.6 Å². The highest BCUT2D eigenvalue weighted by Crippen LogP contribution is 2.39. The van der Waals surface area contributed by atoms with Crippen molar-refractivity contribution in [2.24, 2.45) is 5.92 Å². The van der Waals surface area contributed by atoms with E-state index in [4.69, 9.17) is 9.97 Å². The molecule has 2 atom stereocenters. The van der Waals surface area contributed by atoms with E-state index in [2.05, 4.69) is 25.3 Å². The summed E-state index contributed by atoms with van der Waals surface area (Å²) in [5.74, 6) is -2.01. The van der Waals surface area contributed by atoms with Gasteiger partial charge in [-0.15, -0.1) is 24.5 Å². The number of rotatable bonds is 11. The smallest absolute Gasteiger partial charge is 0.406 e. The third kappa shape index (κ3) is 8.24. The molecule has 0 spiro atoms. The fourth-order valence-electron chi connectivity index (χ4n) is 5.94. The van der Waals surface area contributed by atoms with E-state index in [9.17, 15) is 30.4 Å². The average Bonchev–Trinajstić information content (AvgIpc) is 3.65. The van der Waals surface area contributed by atoms with Crippen LogP contribution < -0.4 is 15.4 Å². The maximum atomic E-state index is 13.8. The highest BCUT2D eigenvalue weighted by Gasteiger charge is 2.32. The Labute approximate surface area is 282 Å². The number of anilines is 2.